The number of hydrogen-bond acceptors (Lipinski definition) is 3. The van der Waals surface area contributed by atoms with Crippen molar-refractivity contribution in [1.29, 1.82) is 0 Å². The van der Waals surface area contributed by atoms with Crippen molar-refractivity contribution >= 4 is 5.84 Å². The first kappa shape index (κ1) is 12.1. The van der Waals surface area contributed by atoms with Crippen LogP contribution in [0.15, 0.2) is 11.3 Å². The van der Waals surface area contributed by atoms with Crippen LogP contribution in [-0.4, -0.2) is 20.6 Å². The van der Waals surface area contributed by atoms with Crippen molar-refractivity contribution in [1.82, 2.24) is 14.8 Å². The Kier molecular flexibility index (Phi) is 3.76. The lowest BCUT2D eigenvalue weighted by atomic mass is 9.88. The number of aliphatic imine (C=N–C) groups is 1. The fourth-order valence-corrected chi connectivity index (χ4v) is 2.46. The van der Waals surface area contributed by atoms with Gasteiger partial charge in [0, 0.05) is 13.0 Å². The first-order chi connectivity index (χ1) is 8.18. The number of amidine groups is 1. The van der Waals surface area contributed by atoms with Gasteiger partial charge in [0.25, 0.3) is 0 Å². The predicted molar refractivity (Wildman–Crippen MR) is 67.6 cm³/mol. The molecule has 5 heteroatoms. The van der Waals surface area contributed by atoms with E-state index in [9.17, 15) is 0 Å². The van der Waals surface area contributed by atoms with Gasteiger partial charge < -0.3 is 10.3 Å². The standard InChI is InChI=1S/C12H21N5/c1-9(12-16-14-8-17(12)2)15-11(13)10-6-4-3-5-7-10/h8-10H,3-7H2,1-2H3,(H2,13,15). The summed E-state index contributed by atoms with van der Waals surface area (Å²) in [6.45, 7) is 2.01. The molecule has 0 amide bonds. The van der Waals surface area contributed by atoms with Crippen LogP contribution < -0.4 is 5.73 Å². The minimum absolute atomic E-state index is 0.00979. The lowest BCUT2D eigenvalue weighted by Gasteiger charge is -2.21. The highest BCUT2D eigenvalue weighted by Gasteiger charge is 2.18. The second-order valence-corrected chi connectivity index (χ2v) is 4.86. The molecule has 17 heavy (non-hydrogen) atoms. The smallest absolute Gasteiger partial charge is 0.157 e. The van der Waals surface area contributed by atoms with Gasteiger partial charge in [0.05, 0.1) is 5.84 Å². The van der Waals surface area contributed by atoms with Crippen molar-refractivity contribution in [3.63, 3.8) is 0 Å². The van der Waals surface area contributed by atoms with Crippen molar-refractivity contribution in [3.8, 4) is 0 Å². The average Bonchev–Trinajstić information content (AvgIpc) is 2.76. The van der Waals surface area contributed by atoms with Crippen molar-refractivity contribution in [2.75, 3.05) is 0 Å². The van der Waals surface area contributed by atoms with Gasteiger partial charge >= 0.3 is 0 Å². The number of hydrogen-bond donors (Lipinski definition) is 1. The molecule has 2 N–H and O–H groups in total. The molecule has 1 saturated carbocycles. The second kappa shape index (κ2) is 5.29. The number of nitrogens with zero attached hydrogens (tertiary/aromatic N) is 4. The molecule has 1 unspecified atom stereocenters. The molecule has 1 atom stereocenters. The molecule has 0 spiro atoms. The van der Waals surface area contributed by atoms with Crippen LogP contribution in [0.25, 0.3) is 0 Å². The molecule has 94 valence electrons. The van der Waals surface area contributed by atoms with Crippen molar-refractivity contribution < 1.29 is 0 Å². The van der Waals surface area contributed by atoms with Gasteiger partial charge in [0.1, 0.15) is 12.4 Å². The Bertz CT molecular complexity index is 389. The van der Waals surface area contributed by atoms with Crippen LogP contribution in [-0.2, 0) is 7.05 Å². The van der Waals surface area contributed by atoms with Crippen molar-refractivity contribution in [2.24, 2.45) is 23.7 Å². The minimum Gasteiger partial charge on any atom is -0.387 e. The third kappa shape index (κ3) is 2.84. The maximum absolute atomic E-state index is 6.10. The summed E-state index contributed by atoms with van der Waals surface area (Å²) < 4.78 is 1.89. The molecular weight excluding hydrogens is 214 g/mol. The normalized spacial score (nSPS) is 20.5. The quantitative estimate of drug-likeness (QED) is 0.641. The molecule has 1 aromatic heterocycles. The zero-order valence-corrected chi connectivity index (χ0v) is 10.6. The maximum atomic E-state index is 6.10. The lowest BCUT2D eigenvalue weighted by molar-refractivity contribution is 0.435. The summed E-state index contributed by atoms with van der Waals surface area (Å²) in [6, 6.07) is -0.00979. The fraction of sp³-hybridized carbons (Fsp3) is 0.750. The second-order valence-electron chi connectivity index (χ2n) is 4.86. The van der Waals surface area contributed by atoms with Crippen LogP contribution in [0.4, 0.5) is 0 Å². The molecule has 5 nitrogen and oxygen atoms in total. The molecule has 2 rings (SSSR count). The zero-order valence-electron chi connectivity index (χ0n) is 10.6. The van der Waals surface area contributed by atoms with E-state index in [0.29, 0.717) is 5.92 Å². The van der Waals surface area contributed by atoms with E-state index in [2.05, 4.69) is 15.2 Å². The van der Waals surface area contributed by atoms with Crippen LogP contribution in [0.1, 0.15) is 50.9 Å². The van der Waals surface area contributed by atoms with Crippen LogP contribution in [0, 0.1) is 5.92 Å². The highest BCUT2D eigenvalue weighted by atomic mass is 15.3. The van der Waals surface area contributed by atoms with E-state index >= 15 is 0 Å². The number of nitrogens with two attached hydrogens (primary N) is 1. The summed E-state index contributed by atoms with van der Waals surface area (Å²) in [4.78, 5) is 4.58. The van der Waals surface area contributed by atoms with Gasteiger partial charge in [-0.15, -0.1) is 10.2 Å². The van der Waals surface area contributed by atoms with Gasteiger partial charge in [-0.05, 0) is 19.8 Å². The van der Waals surface area contributed by atoms with Crippen LogP contribution in [0.3, 0.4) is 0 Å². The summed E-state index contributed by atoms with van der Waals surface area (Å²) >= 11 is 0. The Morgan fingerprint density at radius 1 is 1.47 bits per heavy atom. The van der Waals surface area contributed by atoms with E-state index in [0.717, 1.165) is 11.7 Å². The van der Waals surface area contributed by atoms with E-state index in [-0.39, 0.29) is 6.04 Å². The van der Waals surface area contributed by atoms with E-state index < -0.39 is 0 Å². The van der Waals surface area contributed by atoms with E-state index in [4.69, 9.17) is 5.73 Å². The Morgan fingerprint density at radius 3 is 2.76 bits per heavy atom. The molecular formula is C12H21N5. The molecule has 0 radical (unpaired) electrons. The Hall–Kier alpha value is -1.39. The van der Waals surface area contributed by atoms with E-state index in [1.54, 1.807) is 6.33 Å². The topological polar surface area (TPSA) is 69.1 Å². The van der Waals surface area contributed by atoms with Crippen LogP contribution in [0.5, 0.6) is 0 Å². The first-order valence-corrected chi connectivity index (χ1v) is 6.35. The average molecular weight is 235 g/mol. The summed E-state index contributed by atoms with van der Waals surface area (Å²) in [7, 11) is 1.93. The Balaban J connectivity index is 2.05. The number of rotatable bonds is 3. The minimum atomic E-state index is -0.00979. The first-order valence-electron chi connectivity index (χ1n) is 6.35. The molecule has 1 fully saturated rings. The summed E-state index contributed by atoms with van der Waals surface area (Å²) in [5.74, 6) is 2.13. The summed E-state index contributed by atoms with van der Waals surface area (Å²) in [6.07, 6.45) is 7.95. The van der Waals surface area contributed by atoms with Gasteiger partial charge in [-0.25, -0.2) is 0 Å². The largest absolute Gasteiger partial charge is 0.387 e. The highest BCUT2D eigenvalue weighted by Crippen LogP contribution is 2.25. The number of aryl methyl sites for hydroxylation is 1. The summed E-state index contributed by atoms with van der Waals surface area (Å²) in [5, 5.41) is 7.93. The molecule has 1 aliphatic rings. The fourth-order valence-electron chi connectivity index (χ4n) is 2.46. The third-order valence-corrected chi connectivity index (χ3v) is 3.49. The monoisotopic (exact) mass is 235 g/mol. The summed E-state index contributed by atoms with van der Waals surface area (Å²) in [5.41, 5.74) is 6.10. The Morgan fingerprint density at radius 2 is 2.18 bits per heavy atom. The molecule has 1 aliphatic carbocycles. The van der Waals surface area contributed by atoms with Crippen LogP contribution in [0.2, 0.25) is 0 Å². The number of aromatic nitrogens is 3. The van der Waals surface area contributed by atoms with Gasteiger partial charge in [-0.3, -0.25) is 4.99 Å². The van der Waals surface area contributed by atoms with Crippen molar-refractivity contribution in [2.45, 2.75) is 45.1 Å². The maximum Gasteiger partial charge on any atom is 0.157 e. The molecule has 1 aromatic rings. The van der Waals surface area contributed by atoms with E-state index in [1.165, 1.54) is 32.1 Å². The van der Waals surface area contributed by atoms with E-state index in [1.807, 2.05) is 18.5 Å². The molecule has 1 heterocycles. The third-order valence-electron chi connectivity index (χ3n) is 3.49. The molecule has 0 saturated heterocycles. The zero-order chi connectivity index (χ0) is 12.3. The lowest BCUT2D eigenvalue weighted by Crippen LogP contribution is -2.26. The van der Waals surface area contributed by atoms with Gasteiger partial charge in [-0.1, -0.05) is 19.3 Å². The Labute approximate surface area is 102 Å². The van der Waals surface area contributed by atoms with Gasteiger partial charge in [0.15, 0.2) is 5.82 Å². The van der Waals surface area contributed by atoms with Gasteiger partial charge in [0.2, 0.25) is 0 Å². The SMILES string of the molecule is CC(N=C(N)C1CCCCC1)c1nncn1C. The van der Waals surface area contributed by atoms with Crippen molar-refractivity contribution in [3.05, 3.63) is 12.2 Å². The molecule has 0 bridgehead atoms. The highest BCUT2D eigenvalue weighted by molar-refractivity contribution is 5.83. The molecule has 0 aliphatic heterocycles. The predicted octanol–water partition coefficient (Wildman–Crippen LogP) is 1.81. The van der Waals surface area contributed by atoms with Gasteiger partial charge in [-0.2, -0.15) is 0 Å². The molecule has 0 aromatic carbocycles. The van der Waals surface area contributed by atoms with Crippen LogP contribution >= 0.6 is 0 Å².